The summed E-state index contributed by atoms with van der Waals surface area (Å²) in [5, 5.41) is 0. The Hall–Kier alpha value is 0. The Morgan fingerprint density at radius 1 is 0.824 bits per heavy atom. The van der Waals surface area contributed by atoms with Crippen LogP contribution >= 0.6 is 0 Å². The summed E-state index contributed by atoms with van der Waals surface area (Å²) in [6.45, 7) is 12.9. The highest BCUT2D eigenvalue weighted by Crippen LogP contribution is 2.46. The van der Waals surface area contributed by atoms with Gasteiger partial charge in [-0.1, -0.05) is 67.2 Å². The van der Waals surface area contributed by atoms with Crippen LogP contribution in [0.3, 0.4) is 0 Å². The lowest BCUT2D eigenvalue weighted by atomic mass is 9.62. The van der Waals surface area contributed by atoms with Crippen LogP contribution in [0.4, 0.5) is 0 Å². The lowest BCUT2D eigenvalue weighted by molar-refractivity contribution is 0.0638. The molecule has 4 atom stereocenters. The van der Waals surface area contributed by atoms with Gasteiger partial charge in [0.2, 0.25) is 0 Å². The average molecular weight is 240 g/mol. The van der Waals surface area contributed by atoms with E-state index < -0.39 is 0 Å². The Balaban J connectivity index is 0.000000581. The fourth-order valence-corrected chi connectivity index (χ4v) is 3.90. The van der Waals surface area contributed by atoms with Gasteiger partial charge in [-0.05, 0) is 42.9 Å². The van der Waals surface area contributed by atoms with Crippen molar-refractivity contribution in [3.63, 3.8) is 0 Å². The van der Waals surface area contributed by atoms with Crippen molar-refractivity contribution in [2.45, 2.75) is 86.5 Å². The zero-order chi connectivity index (χ0) is 13.3. The van der Waals surface area contributed by atoms with Crippen molar-refractivity contribution in [1.82, 2.24) is 0 Å². The molecule has 0 heterocycles. The van der Waals surface area contributed by atoms with Crippen molar-refractivity contribution in [3.8, 4) is 0 Å². The highest BCUT2D eigenvalue weighted by Gasteiger charge is 2.36. The van der Waals surface area contributed by atoms with Crippen molar-refractivity contribution >= 4 is 0 Å². The molecule has 0 aromatic carbocycles. The Morgan fingerprint density at radius 2 is 1.41 bits per heavy atom. The molecular formula is C17H36. The molecule has 2 rings (SSSR count). The van der Waals surface area contributed by atoms with E-state index in [1.807, 2.05) is 27.7 Å². The van der Waals surface area contributed by atoms with Crippen LogP contribution in [0, 0.1) is 23.7 Å². The van der Waals surface area contributed by atoms with Gasteiger partial charge in [-0.25, -0.2) is 0 Å². The molecule has 2 fully saturated rings. The van der Waals surface area contributed by atoms with Gasteiger partial charge >= 0.3 is 0 Å². The van der Waals surface area contributed by atoms with E-state index in [1.165, 1.54) is 25.7 Å². The maximum Gasteiger partial charge on any atom is -0.0357 e. The minimum absolute atomic E-state index is 1.03. The second-order valence-corrected chi connectivity index (χ2v) is 5.31. The minimum atomic E-state index is 1.03. The highest BCUT2D eigenvalue weighted by molar-refractivity contribution is 4.87. The van der Waals surface area contributed by atoms with Crippen molar-refractivity contribution < 1.29 is 0 Å². The molecule has 0 aliphatic heterocycles. The summed E-state index contributed by atoms with van der Waals surface area (Å²) in [6.07, 6.45) is 10.6. The monoisotopic (exact) mass is 240 g/mol. The van der Waals surface area contributed by atoms with E-state index in [-0.39, 0.29) is 0 Å². The Labute approximate surface area is 111 Å². The maximum atomic E-state index is 2.52. The zero-order valence-electron chi connectivity index (χ0n) is 13.3. The van der Waals surface area contributed by atoms with Gasteiger partial charge < -0.3 is 0 Å². The van der Waals surface area contributed by atoms with E-state index in [9.17, 15) is 0 Å². The van der Waals surface area contributed by atoms with E-state index >= 15 is 0 Å². The summed E-state index contributed by atoms with van der Waals surface area (Å²) < 4.78 is 0. The molecule has 0 N–H and O–H groups in total. The van der Waals surface area contributed by atoms with Gasteiger partial charge in [-0.15, -0.1) is 0 Å². The molecule has 104 valence electrons. The van der Waals surface area contributed by atoms with Crippen LogP contribution in [0.5, 0.6) is 0 Å². The molecule has 0 spiro atoms. The van der Waals surface area contributed by atoms with Crippen molar-refractivity contribution in [3.05, 3.63) is 0 Å². The molecule has 0 bridgehead atoms. The predicted molar refractivity (Wildman–Crippen MR) is 80.3 cm³/mol. The van der Waals surface area contributed by atoms with E-state index in [4.69, 9.17) is 0 Å². The summed E-state index contributed by atoms with van der Waals surface area (Å²) in [5.74, 6) is 4.31. The lowest BCUT2D eigenvalue weighted by Gasteiger charge is -2.44. The van der Waals surface area contributed by atoms with Crippen molar-refractivity contribution in [1.29, 1.82) is 0 Å². The largest absolute Gasteiger partial charge is 0.0683 e. The van der Waals surface area contributed by atoms with Gasteiger partial charge in [0.05, 0.1) is 0 Å². The summed E-state index contributed by atoms with van der Waals surface area (Å²) in [4.78, 5) is 0. The molecule has 2 aliphatic carbocycles. The summed E-state index contributed by atoms with van der Waals surface area (Å²) in [7, 11) is 0. The average Bonchev–Trinajstić information content (AvgIpc) is 2.44. The van der Waals surface area contributed by atoms with Crippen LogP contribution < -0.4 is 0 Å². The van der Waals surface area contributed by atoms with E-state index in [0.717, 1.165) is 23.7 Å². The molecule has 17 heavy (non-hydrogen) atoms. The Kier molecular flexibility index (Phi) is 9.97. The quantitative estimate of drug-likeness (QED) is 0.504. The molecule has 0 saturated heterocycles. The fraction of sp³-hybridized carbons (Fsp3) is 1.00. The number of hydrogen-bond acceptors (Lipinski definition) is 0. The third-order valence-electron chi connectivity index (χ3n) is 4.82. The molecule has 2 saturated carbocycles. The van der Waals surface area contributed by atoms with Gasteiger partial charge in [0.15, 0.2) is 0 Å². The van der Waals surface area contributed by atoms with Crippen LogP contribution in [0.1, 0.15) is 86.5 Å². The van der Waals surface area contributed by atoms with Crippen LogP contribution in [0.2, 0.25) is 0 Å². The third kappa shape index (κ3) is 4.64. The molecular weight excluding hydrogens is 204 g/mol. The van der Waals surface area contributed by atoms with Gasteiger partial charge in [0.1, 0.15) is 0 Å². The van der Waals surface area contributed by atoms with Crippen LogP contribution in [0.25, 0.3) is 0 Å². The number of rotatable bonds is 1. The molecule has 0 nitrogen and oxygen atoms in total. The first-order valence-corrected chi connectivity index (χ1v) is 8.33. The van der Waals surface area contributed by atoms with Gasteiger partial charge in [-0.3, -0.25) is 0 Å². The number of fused-ring (bicyclic) bond motifs is 1. The molecule has 4 unspecified atom stereocenters. The SMILES string of the molecule is CC.CC.CCC1CCC2CCCCC2C1C. The second kappa shape index (κ2) is 9.97. The lowest BCUT2D eigenvalue weighted by Crippen LogP contribution is -2.34. The van der Waals surface area contributed by atoms with E-state index in [0.29, 0.717) is 0 Å². The topological polar surface area (TPSA) is 0 Å². The molecule has 0 aromatic rings. The van der Waals surface area contributed by atoms with Crippen LogP contribution in [0.15, 0.2) is 0 Å². The molecule has 0 aromatic heterocycles. The molecule has 0 heteroatoms. The highest BCUT2D eigenvalue weighted by atomic mass is 14.4. The van der Waals surface area contributed by atoms with Gasteiger partial charge in [0, 0.05) is 0 Å². The maximum absolute atomic E-state index is 2.52. The Morgan fingerprint density at radius 3 is 2.00 bits per heavy atom. The standard InChI is InChI=1S/C13H24.2C2H6/c1-3-11-8-9-12-6-4-5-7-13(12)10(11)2;2*1-2/h10-13H,3-9H2,1-2H3;2*1-2H3. The van der Waals surface area contributed by atoms with Gasteiger partial charge in [0.25, 0.3) is 0 Å². The summed E-state index contributed by atoms with van der Waals surface area (Å²) in [5.41, 5.74) is 0. The van der Waals surface area contributed by atoms with Gasteiger partial charge in [-0.2, -0.15) is 0 Å². The molecule has 0 radical (unpaired) electrons. The second-order valence-electron chi connectivity index (χ2n) is 5.31. The van der Waals surface area contributed by atoms with E-state index in [2.05, 4.69) is 13.8 Å². The smallest absolute Gasteiger partial charge is 0.0357 e. The molecule has 0 amide bonds. The number of hydrogen-bond donors (Lipinski definition) is 0. The van der Waals surface area contributed by atoms with E-state index in [1.54, 1.807) is 19.3 Å². The molecule has 2 aliphatic rings. The third-order valence-corrected chi connectivity index (χ3v) is 4.82. The first-order valence-electron chi connectivity index (χ1n) is 8.33. The first kappa shape index (κ1) is 17.0. The Bertz CT molecular complexity index is 161. The van der Waals surface area contributed by atoms with Crippen molar-refractivity contribution in [2.75, 3.05) is 0 Å². The predicted octanol–water partition coefficient (Wildman–Crippen LogP) is 6.30. The summed E-state index contributed by atoms with van der Waals surface area (Å²) >= 11 is 0. The summed E-state index contributed by atoms with van der Waals surface area (Å²) in [6, 6.07) is 0. The fourth-order valence-electron chi connectivity index (χ4n) is 3.90. The first-order chi connectivity index (χ1) is 8.33. The van der Waals surface area contributed by atoms with Crippen molar-refractivity contribution in [2.24, 2.45) is 23.7 Å². The minimum Gasteiger partial charge on any atom is -0.0683 e. The van der Waals surface area contributed by atoms with Crippen LogP contribution in [-0.4, -0.2) is 0 Å². The van der Waals surface area contributed by atoms with Crippen LogP contribution in [-0.2, 0) is 0 Å². The normalized spacial score (nSPS) is 35.6. The zero-order valence-corrected chi connectivity index (χ0v) is 13.3.